The summed E-state index contributed by atoms with van der Waals surface area (Å²) in [5, 5.41) is 0. The van der Waals surface area contributed by atoms with Crippen LogP contribution in [0.25, 0.3) is 6.08 Å². The molecule has 4 aromatic carbocycles. The van der Waals surface area contributed by atoms with Gasteiger partial charge in [0.2, 0.25) is 5.91 Å². The molecule has 1 heterocycles. The van der Waals surface area contributed by atoms with Gasteiger partial charge < -0.3 is 15.4 Å². The number of fused-ring (bicyclic) bond motifs is 1. The van der Waals surface area contributed by atoms with Crippen molar-refractivity contribution in [3.8, 4) is 5.75 Å². The molecule has 1 aliphatic rings. The average molecular weight is 493 g/mol. The molecular weight excluding hydrogens is 463 g/mol. The van der Waals surface area contributed by atoms with Crippen molar-refractivity contribution in [2.24, 2.45) is 5.73 Å². The molecule has 0 saturated carbocycles. The van der Waals surface area contributed by atoms with E-state index >= 15 is 0 Å². The fourth-order valence-electron chi connectivity index (χ4n) is 4.85. The molecule has 5 heteroatoms. The topological polar surface area (TPSA) is 55.6 Å². The summed E-state index contributed by atoms with van der Waals surface area (Å²) in [6.07, 6.45) is 4.74. The Balaban J connectivity index is 1.41. The largest absolute Gasteiger partial charge is 0.489 e. The SMILES string of the molecule is NC(=O)/C=C/c1ccc(CC2c3ccc(OCc4ccccc4)cc3CCN2c2ccc(F)cc2)cc1. The average Bonchev–Trinajstić information content (AvgIpc) is 2.92. The molecule has 4 nitrogen and oxygen atoms in total. The molecule has 1 aliphatic heterocycles. The normalized spacial score (nSPS) is 14.9. The summed E-state index contributed by atoms with van der Waals surface area (Å²) >= 11 is 0. The first kappa shape index (κ1) is 24.3. The maximum Gasteiger partial charge on any atom is 0.241 e. The molecule has 0 spiro atoms. The van der Waals surface area contributed by atoms with E-state index in [9.17, 15) is 9.18 Å². The summed E-state index contributed by atoms with van der Waals surface area (Å²) in [5.41, 5.74) is 12.0. The zero-order valence-corrected chi connectivity index (χ0v) is 20.5. The van der Waals surface area contributed by atoms with Crippen molar-refractivity contribution in [3.63, 3.8) is 0 Å². The minimum absolute atomic E-state index is 0.0874. The van der Waals surface area contributed by atoms with Crippen LogP contribution >= 0.6 is 0 Å². The highest BCUT2D eigenvalue weighted by molar-refractivity contribution is 5.90. The van der Waals surface area contributed by atoms with E-state index < -0.39 is 5.91 Å². The van der Waals surface area contributed by atoms with Crippen LogP contribution in [0, 0.1) is 5.82 Å². The number of nitrogens with zero attached hydrogens (tertiary/aromatic N) is 1. The number of ether oxygens (including phenoxy) is 1. The van der Waals surface area contributed by atoms with Gasteiger partial charge in [-0.1, -0.05) is 60.7 Å². The highest BCUT2D eigenvalue weighted by Gasteiger charge is 2.28. The lowest BCUT2D eigenvalue weighted by Crippen LogP contribution is -2.36. The third-order valence-corrected chi connectivity index (χ3v) is 6.73. The zero-order chi connectivity index (χ0) is 25.6. The van der Waals surface area contributed by atoms with Crippen molar-refractivity contribution in [1.29, 1.82) is 0 Å². The molecule has 37 heavy (non-hydrogen) atoms. The molecule has 0 bridgehead atoms. The molecule has 2 N–H and O–H groups in total. The third-order valence-electron chi connectivity index (χ3n) is 6.73. The second-order valence-electron chi connectivity index (χ2n) is 9.25. The number of primary amides is 1. The number of amides is 1. The molecule has 1 unspecified atom stereocenters. The van der Waals surface area contributed by atoms with Crippen molar-refractivity contribution in [1.82, 2.24) is 0 Å². The molecule has 1 amide bonds. The first-order chi connectivity index (χ1) is 18.0. The summed E-state index contributed by atoms with van der Waals surface area (Å²) < 4.78 is 19.8. The van der Waals surface area contributed by atoms with E-state index in [1.54, 1.807) is 6.08 Å². The van der Waals surface area contributed by atoms with Gasteiger partial charge in [-0.15, -0.1) is 0 Å². The van der Waals surface area contributed by atoms with Crippen LogP contribution < -0.4 is 15.4 Å². The maximum atomic E-state index is 13.7. The van der Waals surface area contributed by atoms with Crippen LogP contribution in [0.2, 0.25) is 0 Å². The van der Waals surface area contributed by atoms with Gasteiger partial charge in [-0.25, -0.2) is 4.39 Å². The van der Waals surface area contributed by atoms with Crippen LogP contribution in [0.1, 0.15) is 33.9 Å². The fourth-order valence-corrected chi connectivity index (χ4v) is 4.85. The molecule has 0 aromatic heterocycles. The molecule has 4 aromatic rings. The minimum atomic E-state index is -0.468. The second-order valence-corrected chi connectivity index (χ2v) is 9.25. The summed E-state index contributed by atoms with van der Waals surface area (Å²) in [4.78, 5) is 13.4. The third kappa shape index (κ3) is 6.07. The number of rotatable bonds is 8. The maximum absolute atomic E-state index is 13.7. The van der Waals surface area contributed by atoms with E-state index in [4.69, 9.17) is 10.5 Å². The molecular formula is C32H29FN2O2. The Bertz CT molecular complexity index is 1380. The number of hydrogen-bond acceptors (Lipinski definition) is 3. The van der Waals surface area contributed by atoms with Crippen LogP contribution in [0.3, 0.4) is 0 Å². The highest BCUT2D eigenvalue weighted by atomic mass is 19.1. The van der Waals surface area contributed by atoms with Gasteiger partial charge in [-0.3, -0.25) is 4.79 Å². The fraction of sp³-hybridized carbons (Fsp3) is 0.156. The number of halogens is 1. The quantitative estimate of drug-likeness (QED) is 0.296. The lowest BCUT2D eigenvalue weighted by Gasteiger charge is -2.39. The number of hydrogen-bond donors (Lipinski definition) is 1. The van der Waals surface area contributed by atoms with E-state index in [-0.39, 0.29) is 11.9 Å². The number of carbonyl (C=O) groups excluding carboxylic acids is 1. The summed E-state index contributed by atoms with van der Waals surface area (Å²) in [6, 6.07) is 31.5. The van der Waals surface area contributed by atoms with Gasteiger partial charge in [0.05, 0.1) is 6.04 Å². The van der Waals surface area contributed by atoms with E-state index in [2.05, 4.69) is 41.3 Å². The summed E-state index contributed by atoms with van der Waals surface area (Å²) in [7, 11) is 0. The first-order valence-corrected chi connectivity index (χ1v) is 12.4. The Morgan fingerprint density at radius 2 is 1.70 bits per heavy atom. The van der Waals surface area contributed by atoms with Crippen molar-refractivity contribution in [3.05, 3.63) is 137 Å². The molecule has 0 fully saturated rings. The standard InChI is InChI=1S/C32H29FN2O2/c33-27-11-13-28(14-12-27)35-19-18-26-21-29(37-22-25-4-2-1-3-5-25)15-16-30(26)31(35)20-24-8-6-23(7-9-24)10-17-32(34)36/h1-17,21,31H,18-20,22H2,(H2,34,36)/b17-10+. The Hall–Kier alpha value is -4.38. The van der Waals surface area contributed by atoms with Crippen LogP contribution in [0.4, 0.5) is 10.1 Å². The molecule has 0 aliphatic carbocycles. The number of carbonyl (C=O) groups is 1. The Morgan fingerprint density at radius 3 is 2.43 bits per heavy atom. The molecule has 5 rings (SSSR count). The van der Waals surface area contributed by atoms with Gasteiger partial charge in [-0.05, 0) is 83.1 Å². The van der Waals surface area contributed by atoms with Gasteiger partial charge in [0.25, 0.3) is 0 Å². The van der Waals surface area contributed by atoms with Gasteiger partial charge in [-0.2, -0.15) is 0 Å². The predicted octanol–water partition coefficient (Wildman–Crippen LogP) is 6.25. The lowest BCUT2D eigenvalue weighted by atomic mass is 9.88. The van der Waals surface area contributed by atoms with Crippen molar-refractivity contribution in [2.45, 2.75) is 25.5 Å². The number of benzene rings is 4. The summed E-state index contributed by atoms with van der Waals surface area (Å²) in [5.74, 6) is 0.157. The van der Waals surface area contributed by atoms with Gasteiger partial charge in [0.1, 0.15) is 18.2 Å². The Labute approximate surface area is 216 Å². The molecule has 1 atom stereocenters. The van der Waals surface area contributed by atoms with E-state index in [0.29, 0.717) is 6.61 Å². The predicted molar refractivity (Wildman–Crippen MR) is 146 cm³/mol. The van der Waals surface area contributed by atoms with Crippen molar-refractivity contribution in [2.75, 3.05) is 11.4 Å². The number of anilines is 1. The van der Waals surface area contributed by atoms with Crippen LogP contribution in [0.15, 0.2) is 103 Å². The van der Waals surface area contributed by atoms with E-state index in [0.717, 1.165) is 42.0 Å². The molecule has 0 radical (unpaired) electrons. The zero-order valence-electron chi connectivity index (χ0n) is 20.5. The van der Waals surface area contributed by atoms with E-state index in [1.165, 1.54) is 34.9 Å². The Kier molecular flexibility index (Phi) is 7.31. The first-order valence-electron chi connectivity index (χ1n) is 12.4. The monoisotopic (exact) mass is 492 g/mol. The van der Waals surface area contributed by atoms with Crippen molar-refractivity contribution < 1.29 is 13.9 Å². The smallest absolute Gasteiger partial charge is 0.241 e. The molecule has 0 saturated heterocycles. The van der Waals surface area contributed by atoms with Crippen LogP contribution in [-0.2, 0) is 24.2 Å². The van der Waals surface area contributed by atoms with Crippen LogP contribution in [-0.4, -0.2) is 12.5 Å². The summed E-state index contributed by atoms with van der Waals surface area (Å²) in [6.45, 7) is 1.35. The van der Waals surface area contributed by atoms with Crippen molar-refractivity contribution >= 4 is 17.7 Å². The van der Waals surface area contributed by atoms with Gasteiger partial charge >= 0.3 is 0 Å². The van der Waals surface area contributed by atoms with Gasteiger partial charge in [0, 0.05) is 18.3 Å². The Morgan fingerprint density at radius 1 is 0.946 bits per heavy atom. The van der Waals surface area contributed by atoms with Crippen LogP contribution in [0.5, 0.6) is 5.75 Å². The number of nitrogens with two attached hydrogens (primary N) is 1. The highest BCUT2D eigenvalue weighted by Crippen LogP contribution is 2.37. The minimum Gasteiger partial charge on any atom is -0.489 e. The molecule has 186 valence electrons. The van der Waals surface area contributed by atoms with E-state index in [1.807, 2.05) is 48.5 Å². The second kappa shape index (κ2) is 11.1. The lowest BCUT2D eigenvalue weighted by molar-refractivity contribution is -0.113. The van der Waals surface area contributed by atoms with Gasteiger partial charge in [0.15, 0.2) is 0 Å².